The summed E-state index contributed by atoms with van der Waals surface area (Å²) in [5.41, 5.74) is 8.00. The third-order valence-corrected chi connectivity index (χ3v) is 3.31. The fraction of sp³-hybridized carbons (Fsp3) is 0.133. The number of aromatic nitrogens is 2. The van der Waals surface area contributed by atoms with Crippen LogP contribution in [0.25, 0.3) is 11.0 Å². The molecule has 21 heavy (non-hydrogen) atoms. The summed E-state index contributed by atoms with van der Waals surface area (Å²) in [4.78, 5) is 4.25. The van der Waals surface area contributed by atoms with Gasteiger partial charge in [-0.3, -0.25) is 0 Å². The molecule has 6 heteroatoms. The second-order valence-corrected chi connectivity index (χ2v) is 4.66. The minimum Gasteiger partial charge on any atom is -0.497 e. The molecule has 1 heterocycles. The first-order chi connectivity index (χ1) is 10.1. The molecule has 0 saturated carbocycles. The van der Waals surface area contributed by atoms with Crippen molar-refractivity contribution >= 4 is 17.0 Å². The lowest BCUT2D eigenvalue weighted by Crippen LogP contribution is -2.05. The number of imidazole rings is 1. The van der Waals surface area contributed by atoms with Crippen molar-refractivity contribution < 1.29 is 13.5 Å². The number of rotatable bonds is 3. The van der Waals surface area contributed by atoms with Crippen LogP contribution in [0.2, 0.25) is 0 Å². The molecule has 0 unspecified atom stereocenters. The van der Waals surface area contributed by atoms with E-state index >= 15 is 0 Å². The molecule has 1 aromatic heterocycles. The Morgan fingerprint density at radius 3 is 2.67 bits per heavy atom. The number of hydrogen-bond acceptors (Lipinski definition) is 3. The van der Waals surface area contributed by atoms with E-state index in [0.29, 0.717) is 29.3 Å². The van der Waals surface area contributed by atoms with E-state index in [2.05, 4.69) is 4.98 Å². The van der Waals surface area contributed by atoms with Gasteiger partial charge < -0.3 is 15.0 Å². The van der Waals surface area contributed by atoms with Crippen molar-refractivity contribution in [2.45, 2.75) is 6.54 Å². The van der Waals surface area contributed by atoms with Crippen LogP contribution in [-0.2, 0) is 6.54 Å². The number of halogens is 2. The molecule has 0 fully saturated rings. The average Bonchev–Trinajstić information content (AvgIpc) is 2.78. The largest absolute Gasteiger partial charge is 0.497 e. The Morgan fingerprint density at radius 1 is 1.14 bits per heavy atom. The maximum absolute atomic E-state index is 13.3. The number of anilines is 1. The summed E-state index contributed by atoms with van der Waals surface area (Å²) in [6.07, 6.45) is 0. The van der Waals surface area contributed by atoms with Gasteiger partial charge >= 0.3 is 0 Å². The number of benzene rings is 2. The molecule has 3 rings (SSSR count). The van der Waals surface area contributed by atoms with Crippen molar-refractivity contribution in [2.24, 2.45) is 0 Å². The highest BCUT2D eigenvalue weighted by molar-refractivity contribution is 5.80. The molecular weight excluding hydrogens is 276 g/mol. The molecule has 2 N–H and O–H groups in total. The van der Waals surface area contributed by atoms with E-state index in [-0.39, 0.29) is 0 Å². The molecule has 2 aromatic carbocycles. The van der Waals surface area contributed by atoms with Crippen LogP contribution in [0, 0.1) is 11.6 Å². The Morgan fingerprint density at radius 2 is 1.95 bits per heavy atom. The lowest BCUT2D eigenvalue weighted by atomic mass is 10.2. The number of fused-ring (bicyclic) bond motifs is 1. The van der Waals surface area contributed by atoms with Gasteiger partial charge in [-0.05, 0) is 29.8 Å². The van der Waals surface area contributed by atoms with Gasteiger partial charge in [-0.25, -0.2) is 13.8 Å². The number of ether oxygens (including phenoxy) is 1. The van der Waals surface area contributed by atoms with Crippen molar-refractivity contribution in [1.29, 1.82) is 0 Å². The van der Waals surface area contributed by atoms with Crippen molar-refractivity contribution in [3.63, 3.8) is 0 Å². The summed E-state index contributed by atoms with van der Waals surface area (Å²) in [6.45, 7) is 0.311. The van der Waals surface area contributed by atoms with Crippen LogP contribution < -0.4 is 10.5 Å². The Labute approximate surface area is 119 Å². The maximum atomic E-state index is 13.3. The summed E-state index contributed by atoms with van der Waals surface area (Å²) >= 11 is 0. The highest BCUT2D eigenvalue weighted by atomic mass is 19.2. The van der Waals surface area contributed by atoms with Crippen molar-refractivity contribution in [1.82, 2.24) is 9.55 Å². The SMILES string of the molecule is COc1ccc2c(c1)nc(N)n2Cc1ccc(F)c(F)c1. The zero-order valence-corrected chi connectivity index (χ0v) is 11.3. The first kappa shape index (κ1) is 13.4. The summed E-state index contributed by atoms with van der Waals surface area (Å²) in [6, 6.07) is 9.18. The van der Waals surface area contributed by atoms with Crippen LogP contribution in [0.15, 0.2) is 36.4 Å². The van der Waals surface area contributed by atoms with Gasteiger partial charge in [0.25, 0.3) is 0 Å². The monoisotopic (exact) mass is 289 g/mol. The molecule has 0 amide bonds. The van der Waals surface area contributed by atoms with Gasteiger partial charge in [-0.15, -0.1) is 0 Å². The van der Waals surface area contributed by atoms with Crippen LogP contribution in [0.1, 0.15) is 5.56 Å². The Balaban J connectivity index is 2.03. The molecule has 0 aliphatic heterocycles. The number of nitrogens with zero attached hydrogens (tertiary/aromatic N) is 2. The highest BCUT2D eigenvalue weighted by Crippen LogP contribution is 2.24. The van der Waals surface area contributed by atoms with Crippen LogP contribution in [0.3, 0.4) is 0 Å². The second kappa shape index (κ2) is 5.05. The van der Waals surface area contributed by atoms with Crippen LogP contribution in [0.5, 0.6) is 5.75 Å². The maximum Gasteiger partial charge on any atom is 0.201 e. The first-order valence-corrected chi connectivity index (χ1v) is 6.32. The van der Waals surface area contributed by atoms with Gasteiger partial charge in [0.05, 0.1) is 24.7 Å². The van der Waals surface area contributed by atoms with Crippen molar-refractivity contribution in [3.05, 3.63) is 53.6 Å². The van der Waals surface area contributed by atoms with Gasteiger partial charge in [0, 0.05) is 6.07 Å². The third-order valence-electron chi connectivity index (χ3n) is 3.31. The summed E-state index contributed by atoms with van der Waals surface area (Å²) in [5, 5.41) is 0. The average molecular weight is 289 g/mol. The lowest BCUT2D eigenvalue weighted by molar-refractivity contribution is 0.415. The van der Waals surface area contributed by atoms with E-state index < -0.39 is 11.6 Å². The topological polar surface area (TPSA) is 53.1 Å². The van der Waals surface area contributed by atoms with E-state index in [9.17, 15) is 8.78 Å². The van der Waals surface area contributed by atoms with Gasteiger partial charge in [0.2, 0.25) is 5.95 Å². The molecular formula is C15H13F2N3O. The zero-order valence-electron chi connectivity index (χ0n) is 11.3. The summed E-state index contributed by atoms with van der Waals surface area (Å²) < 4.78 is 33.1. The molecule has 0 bridgehead atoms. The Hall–Kier alpha value is -2.63. The van der Waals surface area contributed by atoms with Crippen LogP contribution >= 0.6 is 0 Å². The molecule has 108 valence electrons. The first-order valence-electron chi connectivity index (χ1n) is 6.32. The third kappa shape index (κ3) is 2.40. The van der Waals surface area contributed by atoms with Crippen LogP contribution in [-0.4, -0.2) is 16.7 Å². The van der Waals surface area contributed by atoms with Crippen molar-refractivity contribution in [3.8, 4) is 5.75 Å². The zero-order chi connectivity index (χ0) is 15.0. The summed E-state index contributed by atoms with van der Waals surface area (Å²) in [5.74, 6) is -0.757. The molecule has 0 spiro atoms. The Kier molecular flexibility index (Phi) is 3.21. The number of nitrogens with two attached hydrogens (primary N) is 1. The molecule has 0 aliphatic carbocycles. The molecule has 0 saturated heterocycles. The Bertz CT molecular complexity index is 814. The van der Waals surface area contributed by atoms with E-state index in [1.54, 1.807) is 23.8 Å². The predicted octanol–water partition coefficient (Wildman–Crippen LogP) is 2.95. The summed E-state index contributed by atoms with van der Waals surface area (Å²) in [7, 11) is 1.57. The standard InChI is InChI=1S/C15H13F2N3O/c1-21-10-3-5-14-13(7-10)19-15(18)20(14)8-9-2-4-11(16)12(17)6-9/h2-7H,8H2,1H3,(H2,18,19). The molecule has 0 aliphatic rings. The fourth-order valence-corrected chi connectivity index (χ4v) is 2.24. The van der Waals surface area contributed by atoms with Gasteiger partial charge in [0.1, 0.15) is 5.75 Å². The molecule has 4 nitrogen and oxygen atoms in total. The smallest absolute Gasteiger partial charge is 0.201 e. The number of nitrogen functional groups attached to an aromatic ring is 1. The van der Waals surface area contributed by atoms with Gasteiger partial charge in [-0.2, -0.15) is 0 Å². The molecule has 0 radical (unpaired) electrons. The van der Waals surface area contributed by atoms with E-state index in [1.807, 2.05) is 6.07 Å². The van der Waals surface area contributed by atoms with Crippen molar-refractivity contribution in [2.75, 3.05) is 12.8 Å². The van der Waals surface area contributed by atoms with Crippen LogP contribution in [0.4, 0.5) is 14.7 Å². The lowest BCUT2D eigenvalue weighted by Gasteiger charge is -2.07. The van der Waals surface area contributed by atoms with E-state index in [0.717, 1.165) is 17.6 Å². The number of methoxy groups -OCH3 is 1. The second-order valence-electron chi connectivity index (χ2n) is 4.66. The highest BCUT2D eigenvalue weighted by Gasteiger charge is 2.11. The fourth-order valence-electron chi connectivity index (χ4n) is 2.24. The molecule has 0 atom stereocenters. The number of hydrogen-bond donors (Lipinski definition) is 1. The van der Waals surface area contributed by atoms with Gasteiger partial charge in [0.15, 0.2) is 11.6 Å². The minimum atomic E-state index is -0.878. The quantitative estimate of drug-likeness (QED) is 0.806. The molecule has 3 aromatic rings. The van der Waals surface area contributed by atoms with E-state index in [1.165, 1.54) is 6.07 Å². The van der Waals surface area contributed by atoms with E-state index in [4.69, 9.17) is 10.5 Å². The minimum absolute atomic E-state index is 0.308. The van der Waals surface area contributed by atoms with Gasteiger partial charge in [-0.1, -0.05) is 6.07 Å². The normalized spacial score (nSPS) is 11.0. The predicted molar refractivity (Wildman–Crippen MR) is 76.2 cm³/mol.